The first-order valence-electron chi connectivity index (χ1n) is 6.22. The number of rotatable bonds is 4. The van der Waals surface area contributed by atoms with E-state index >= 15 is 0 Å². The van der Waals surface area contributed by atoms with Crippen LogP contribution in [-0.2, 0) is 13.1 Å². The fraction of sp³-hybridized carbons (Fsp3) is 0.133. The van der Waals surface area contributed by atoms with Crippen molar-refractivity contribution in [3.8, 4) is 0 Å². The predicted octanol–water partition coefficient (Wildman–Crippen LogP) is 2.49. The van der Waals surface area contributed by atoms with E-state index in [9.17, 15) is 18.0 Å². The maximum Gasteiger partial charge on any atom is 0.257 e. The summed E-state index contributed by atoms with van der Waals surface area (Å²) in [7, 11) is 0. The summed E-state index contributed by atoms with van der Waals surface area (Å²) >= 11 is 0. The molecule has 0 spiro atoms. The van der Waals surface area contributed by atoms with Crippen LogP contribution in [0.4, 0.5) is 13.2 Å². The molecule has 3 nitrogen and oxygen atoms in total. The molecule has 0 aliphatic rings. The number of halogens is 3. The lowest BCUT2D eigenvalue weighted by Crippen LogP contribution is -2.25. The minimum Gasteiger partial charge on any atom is -0.348 e. The molecule has 0 atom stereocenters. The van der Waals surface area contributed by atoms with Crippen molar-refractivity contribution in [2.45, 2.75) is 13.1 Å². The summed E-state index contributed by atoms with van der Waals surface area (Å²) in [6.07, 6.45) is 0. The van der Waals surface area contributed by atoms with E-state index in [2.05, 4.69) is 5.32 Å². The topological polar surface area (TPSA) is 55.1 Å². The number of carbonyl (C=O) groups is 1. The van der Waals surface area contributed by atoms with Gasteiger partial charge in [-0.1, -0.05) is 18.2 Å². The number of carbonyl (C=O) groups excluding carboxylic acids is 1. The molecule has 3 N–H and O–H groups in total. The molecule has 0 aliphatic heterocycles. The Bertz CT molecular complexity index is 654. The standard InChI is InChI=1S/C15H13F3N2O/c16-11-2-1-3-12(17)14(11)15(21)20-8-10-5-4-9(7-19)6-13(10)18/h1-6H,7-8,19H2,(H,20,21). The number of benzene rings is 2. The van der Waals surface area contributed by atoms with E-state index in [0.29, 0.717) is 5.56 Å². The van der Waals surface area contributed by atoms with E-state index in [-0.39, 0.29) is 18.7 Å². The van der Waals surface area contributed by atoms with Crippen LogP contribution in [0.1, 0.15) is 21.5 Å². The van der Waals surface area contributed by atoms with Crippen LogP contribution >= 0.6 is 0 Å². The monoisotopic (exact) mass is 294 g/mol. The summed E-state index contributed by atoms with van der Waals surface area (Å²) in [4.78, 5) is 11.8. The van der Waals surface area contributed by atoms with Crippen LogP contribution in [0, 0.1) is 17.5 Å². The highest BCUT2D eigenvalue weighted by atomic mass is 19.1. The maximum atomic E-state index is 13.7. The molecule has 0 aliphatic carbocycles. The first kappa shape index (κ1) is 15.1. The first-order valence-corrected chi connectivity index (χ1v) is 6.22. The fourth-order valence-electron chi connectivity index (χ4n) is 1.84. The summed E-state index contributed by atoms with van der Waals surface area (Å²) < 4.78 is 40.5. The van der Waals surface area contributed by atoms with Gasteiger partial charge in [-0.2, -0.15) is 0 Å². The molecule has 0 saturated heterocycles. The van der Waals surface area contributed by atoms with Gasteiger partial charge < -0.3 is 11.1 Å². The number of hydrogen-bond acceptors (Lipinski definition) is 2. The lowest BCUT2D eigenvalue weighted by molar-refractivity contribution is 0.0942. The zero-order chi connectivity index (χ0) is 15.4. The Morgan fingerprint density at radius 2 is 1.71 bits per heavy atom. The molecular weight excluding hydrogens is 281 g/mol. The van der Waals surface area contributed by atoms with Gasteiger partial charge in [-0.25, -0.2) is 13.2 Å². The minimum absolute atomic E-state index is 0.177. The van der Waals surface area contributed by atoms with Crippen LogP contribution in [0.2, 0.25) is 0 Å². The Kier molecular flexibility index (Phi) is 4.59. The molecular formula is C15H13F3N2O. The second-order valence-electron chi connectivity index (χ2n) is 4.41. The highest BCUT2D eigenvalue weighted by Crippen LogP contribution is 2.13. The largest absolute Gasteiger partial charge is 0.348 e. The molecule has 1 amide bonds. The molecule has 2 aromatic carbocycles. The Hall–Kier alpha value is -2.34. The van der Waals surface area contributed by atoms with Gasteiger partial charge in [0, 0.05) is 18.7 Å². The quantitative estimate of drug-likeness (QED) is 0.910. The lowest BCUT2D eigenvalue weighted by Gasteiger charge is -2.08. The summed E-state index contributed by atoms with van der Waals surface area (Å²) in [6.45, 7) is 0.0211. The van der Waals surface area contributed by atoms with Gasteiger partial charge in [-0.15, -0.1) is 0 Å². The Balaban J connectivity index is 2.11. The Labute approximate surface area is 119 Å². The summed E-state index contributed by atoms with van der Waals surface area (Å²) in [5.41, 5.74) is 5.52. The van der Waals surface area contributed by atoms with Gasteiger partial charge in [0.2, 0.25) is 0 Å². The zero-order valence-electron chi connectivity index (χ0n) is 11.0. The van der Waals surface area contributed by atoms with E-state index in [1.807, 2.05) is 0 Å². The van der Waals surface area contributed by atoms with Gasteiger partial charge in [-0.3, -0.25) is 4.79 Å². The third-order valence-electron chi connectivity index (χ3n) is 2.98. The number of nitrogens with two attached hydrogens (primary N) is 1. The molecule has 110 valence electrons. The summed E-state index contributed by atoms with van der Waals surface area (Å²) in [5.74, 6) is -3.40. The smallest absolute Gasteiger partial charge is 0.257 e. The molecule has 2 aromatic rings. The average molecular weight is 294 g/mol. The second-order valence-corrected chi connectivity index (χ2v) is 4.41. The summed E-state index contributed by atoms with van der Waals surface area (Å²) in [5, 5.41) is 2.29. The van der Waals surface area contributed by atoms with Gasteiger partial charge >= 0.3 is 0 Å². The maximum absolute atomic E-state index is 13.7. The molecule has 0 aromatic heterocycles. The SMILES string of the molecule is NCc1ccc(CNC(=O)c2c(F)cccc2F)c(F)c1. The normalized spacial score (nSPS) is 10.5. The van der Waals surface area contributed by atoms with Crippen molar-refractivity contribution in [1.82, 2.24) is 5.32 Å². The van der Waals surface area contributed by atoms with Crippen molar-refractivity contribution in [2.75, 3.05) is 0 Å². The highest BCUT2D eigenvalue weighted by molar-refractivity contribution is 5.94. The van der Waals surface area contributed by atoms with Crippen molar-refractivity contribution >= 4 is 5.91 Å². The van der Waals surface area contributed by atoms with E-state index in [4.69, 9.17) is 5.73 Å². The zero-order valence-corrected chi connectivity index (χ0v) is 11.0. The third kappa shape index (κ3) is 3.41. The van der Waals surface area contributed by atoms with Crippen LogP contribution in [0.3, 0.4) is 0 Å². The van der Waals surface area contributed by atoms with Gasteiger partial charge in [0.05, 0.1) is 0 Å². The molecule has 0 heterocycles. The molecule has 6 heteroatoms. The van der Waals surface area contributed by atoms with Crippen molar-refractivity contribution in [2.24, 2.45) is 5.73 Å². The highest BCUT2D eigenvalue weighted by Gasteiger charge is 2.17. The Morgan fingerprint density at radius 1 is 1.05 bits per heavy atom. The van der Waals surface area contributed by atoms with Crippen LogP contribution in [0.25, 0.3) is 0 Å². The Morgan fingerprint density at radius 3 is 2.29 bits per heavy atom. The van der Waals surface area contributed by atoms with Crippen LogP contribution in [-0.4, -0.2) is 5.91 Å². The van der Waals surface area contributed by atoms with Crippen molar-refractivity contribution in [1.29, 1.82) is 0 Å². The molecule has 21 heavy (non-hydrogen) atoms. The van der Waals surface area contributed by atoms with Gasteiger partial charge in [0.1, 0.15) is 23.0 Å². The number of nitrogens with one attached hydrogen (secondary N) is 1. The van der Waals surface area contributed by atoms with Crippen molar-refractivity contribution in [3.63, 3.8) is 0 Å². The molecule has 0 fully saturated rings. The second kappa shape index (κ2) is 6.41. The summed E-state index contributed by atoms with van der Waals surface area (Å²) in [6, 6.07) is 7.46. The minimum atomic E-state index is -0.966. The number of amides is 1. The van der Waals surface area contributed by atoms with Crippen LogP contribution in [0.5, 0.6) is 0 Å². The first-order chi connectivity index (χ1) is 10.0. The lowest BCUT2D eigenvalue weighted by atomic mass is 10.1. The van der Waals surface area contributed by atoms with E-state index < -0.39 is 28.9 Å². The average Bonchev–Trinajstić information content (AvgIpc) is 2.45. The molecule has 2 rings (SSSR count). The third-order valence-corrected chi connectivity index (χ3v) is 2.98. The van der Waals surface area contributed by atoms with Crippen LogP contribution in [0.15, 0.2) is 36.4 Å². The molecule has 0 unspecified atom stereocenters. The molecule has 0 bridgehead atoms. The number of hydrogen-bond donors (Lipinski definition) is 2. The van der Waals surface area contributed by atoms with Crippen molar-refractivity contribution in [3.05, 3.63) is 70.5 Å². The fourth-order valence-corrected chi connectivity index (χ4v) is 1.84. The van der Waals surface area contributed by atoms with Gasteiger partial charge in [0.15, 0.2) is 0 Å². The van der Waals surface area contributed by atoms with E-state index in [1.54, 1.807) is 6.07 Å². The van der Waals surface area contributed by atoms with Gasteiger partial charge in [0.25, 0.3) is 5.91 Å². The molecule has 0 saturated carbocycles. The molecule has 0 radical (unpaired) electrons. The van der Waals surface area contributed by atoms with E-state index in [1.165, 1.54) is 12.1 Å². The predicted molar refractivity (Wildman–Crippen MR) is 71.8 cm³/mol. The van der Waals surface area contributed by atoms with E-state index in [0.717, 1.165) is 18.2 Å². The van der Waals surface area contributed by atoms with Crippen LogP contribution < -0.4 is 11.1 Å². The van der Waals surface area contributed by atoms with Gasteiger partial charge in [-0.05, 0) is 23.8 Å². The van der Waals surface area contributed by atoms with Crippen molar-refractivity contribution < 1.29 is 18.0 Å².